The second kappa shape index (κ2) is 7.29. The van der Waals surface area contributed by atoms with Crippen LogP contribution in [0.25, 0.3) is 0 Å². The first-order chi connectivity index (χ1) is 13.0. The molecule has 6 heteroatoms. The van der Waals surface area contributed by atoms with Crippen molar-refractivity contribution in [3.63, 3.8) is 0 Å². The molecule has 0 aliphatic carbocycles. The summed E-state index contributed by atoms with van der Waals surface area (Å²) in [7, 11) is 0. The summed E-state index contributed by atoms with van der Waals surface area (Å²) in [5, 5.41) is 2.89. The van der Waals surface area contributed by atoms with Crippen molar-refractivity contribution >= 4 is 54.9 Å². The summed E-state index contributed by atoms with van der Waals surface area (Å²) in [5.74, 6) is 1.26. The van der Waals surface area contributed by atoms with Gasteiger partial charge < -0.3 is 10.1 Å². The van der Waals surface area contributed by atoms with E-state index in [1.54, 1.807) is 0 Å². The van der Waals surface area contributed by atoms with Gasteiger partial charge in [0.15, 0.2) is 0 Å². The Hall–Kier alpha value is -2.44. The molecule has 0 saturated carbocycles. The second-order valence-corrected chi connectivity index (χ2v) is 7.94. The molecule has 4 nitrogen and oxygen atoms in total. The van der Waals surface area contributed by atoms with Crippen LogP contribution in [0.2, 0.25) is 0 Å². The number of anilines is 1. The van der Waals surface area contributed by atoms with E-state index in [1.807, 2.05) is 67.6 Å². The van der Waals surface area contributed by atoms with Crippen molar-refractivity contribution in [1.82, 2.24) is 0 Å². The molecule has 1 heterocycles. The van der Waals surface area contributed by atoms with Crippen LogP contribution in [0.15, 0.2) is 74.6 Å². The number of halogens is 2. The molecule has 1 N–H and O–H groups in total. The topological polar surface area (TPSA) is 50.7 Å². The smallest absolute Gasteiger partial charge is 0.275 e. The van der Waals surface area contributed by atoms with Gasteiger partial charge in [-0.05, 0) is 73.2 Å². The molecule has 0 fully saturated rings. The van der Waals surface area contributed by atoms with Crippen molar-refractivity contribution in [1.29, 1.82) is 0 Å². The summed E-state index contributed by atoms with van der Waals surface area (Å²) in [6.07, 6.45) is 0. The first-order valence-electron chi connectivity index (χ1n) is 8.23. The number of amides is 1. The molecule has 1 amide bonds. The Kier molecular flexibility index (Phi) is 4.85. The normalized spacial score (nSPS) is 14.2. The number of ether oxygens (including phenoxy) is 1. The Morgan fingerprint density at radius 1 is 0.889 bits per heavy atom. The fourth-order valence-corrected chi connectivity index (χ4v) is 3.70. The monoisotopic (exact) mass is 484 g/mol. The lowest BCUT2D eigenvalue weighted by molar-refractivity contribution is -0.110. The van der Waals surface area contributed by atoms with Gasteiger partial charge in [0.2, 0.25) is 0 Å². The number of carbonyl (C=O) groups is 1. The van der Waals surface area contributed by atoms with E-state index in [-0.39, 0.29) is 5.91 Å². The van der Waals surface area contributed by atoms with E-state index >= 15 is 0 Å². The van der Waals surface area contributed by atoms with E-state index in [0.29, 0.717) is 17.1 Å². The SMILES string of the molecule is Cc1cc(Br)cc2c1NC(=O)C2=Nc1ccc(Oc2ccc(Br)cc2)cc1. The van der Waals surface area contributed by atoms with E-state index in [1.165, 1.54) is 0 Å². The van der Waals surface area contributed by atoms with Crippen LogP contribution in [0, 0.1) is 6.92 Å². The third-order valence-electron chi connectivity index (χ3n) is 4.14. The highest BCUT2D eigenvalue weighted by atomic mass is 79.9. The zero-order chi connectivity index (χ0) is 19.0. The number of nitrogens with zero attached hydrogens (tertiary/aromatic N) is 1. The van der Waals surface area contributed by atoms with Gasteiger partial charge >= 0.3 is 0 Å². The Morgan fingerprint density at radius 2 is 1.52 bits per heavy atom. The molecular weight excluding hydrogens is 472 g/mol. The van der Waals surface area contributed by atoms with Crippen molar-refractivity contribution < 1.29 is 9.53 Å². The lowest BCUT2D eigenvalue weighted by atomic mass is 10.1. The molecule has 1 aliphatic rings. The van der Waals surface area contributed by atoms with E-state index in [0.717, 1.165) is 31.5 Å². The van der Waals surface area contributed by atoms with Gasteiger partial charge in [0.25, 0.3) is 5.91 Å². The first kappa shape index (κ1) is 17.9. The Morgan fingerprint density at radius 3 is 2.19 bits per heavy atom. The minimum Gasteiger partial charge on any atom is -0.457 e. The molecule has 134 valence electrons. The quantitative estimate of drug-likeness (QED) is 0.467. The van der Waals surface area contributed by atoms with Crippen LogP contribution in [0.4, 0.5) is 11.4 Å². The van der Waals surface area contributed by atoms with Gasteiger partial charge in [0.05, 0.1) is 11.4 Å². The molecule has 0 aromatic heterocycles. The van der Waals surface area contributed by atoms with Crippen molar-refractivity contribution in [3.05, 3.63) is 80.7 Å². The van der Waals surface area contributed by atoms with E-state index in [2.05, 4.69) is 42.2 Å². The maximum atomic E-state index is 12.3. The van der Waals surface area contributed by atoms with Gasteiger partial charge in [-0.2, -0.15) is 0 Å². The molecular formula is C21H14Br2N2O2. The molecule has 27 heavy (non-hydrogen) atoms. The number of nitrogens with one attached hydrogen (secondary N) is 1. The fraction of sp³-hybridized carbons (Fsp3) is 0.0476. The van der Waals surface area contributed by atoms with Crippen LogP contribution in [0.3, 0.4) is 0 Å². The van der Waals surface area contributed by atoms with Crippen LogP contribution in [-0.4, -0.2) is 11.6 Å². The van der Waals surface area contributed by atoms with Gasteiger partial charge in [-0.25, -0.2) is 4.99 Å². The Balaban J connectivity index is 1.60. The molecule has 4 rings (SSSR count). The van der Waals surface area contributed by atoms with Crippen LogP contribution in [0.5, 0.6) is 11.5 Å². The van der Waals surface area contributed by atoms with Crippen molar-refractivity contribution in [3.8, 4) is 11.5 Å². The number of carbonyl (C=O) groups excluding carboxylic acids is 1. The lowest BCUT2D eigenvalue weighted by Gasteiger charge is -2.06. The number of aryl methyl sites for hydroxylation is 1. The highest BCUT2D eigenvalue weighted by molar-refractivity contribution is 9.10. The summed E-state index contributed by atoms with van der Waals surface area (Å²) in [4.78, 5) is 16.9. The van der Waals surface area contributed by atoms with E-state index < -0.39 is 0 Å². The van der Waals surface area contributed by atoms with Crippen LogP contribution < -0.4 is 10.1 Å². The van der Waals surface area contributed by atoms with Crippen molar-refractivity contribution in [2.75, 3.05) is 5.32 Å². The molecule has 0 spiro atoms. The highest BCUT2D eigenvalue weighted by Gasteiger charge is 2.27. The molecule has 0 saturated heterocycles. The van der Waals surface area contributed by atoms with Crippen molar-refractivity contribution in [2.45, 2.75) is 6.92 Å². The zero-order valence-corrected chi connectivity index (χ0v) is 17.5. The van der Waals surface area contributed by atoms with Crippen LogP contribution in [-0.2, 0) is 4.79 Å². The maximum Gasteiger partial charge on any atom is 0.275 e. The van der Waals surface area contributed by atoms with Gasteiger partial charge in [-0.15, -0.1) is 0 Å². The largest absolute Gasteiger partial charge is 0.457 e. The molecule has 0 radical (unpaired) electrons. The van der Waals surface area contributed by atoms with E-state index in [9.17, 15) is 4.79 Å². The predicted molar refractivity (Wildman–Crippen MR) is 114 cm³/mol. The average Bonchev–Trinajstić information content (AvgIpc) is 2.95. The maximum absolute atomic E-state index is 12.3. The van der Waals surface area contributed by atoms with Gasteiger partial charge in [0, 0.05) is 14.5 Å². The van der Waals surface area contributed by atoms with Gasteiger partial charge in [-0.1, -0.05) is 31.9 Å². The molecule has 3 aromatic carbocycles. The van der Waals surface area contributed by atoms with Crippen molar-refractivity contribution in [2.24, 2.45) is 4.99 Å². The summed E-state index contributed by atoms with van der Waals surface area (Å²) >= 11 is 6.88. The zero-order valence-electron chi connectivity index (χ0n) is 14.3. The number of benzene rings is 3. The number of rotatable bonds is 3. The fourth-order valence-electron chi connectivity index (χ4n) is 2.86. The van der Waals surface area contributed by atoms with Crippen LogP contribution >= 0.6 is 31.9 Å². The van der Waals surface area contributed by atoms with Gasteiger partial charge in [0.1, 0.15) is 17.2 Å². The standard InChI is InChI=1S/C21H14Br2N2O2/c1-12-10-14(23)11-18-19(12)25-21(26)20(18)24-15-4-8-17(9-5-15)27-16-6-2-13(22)3-7-16/h2-11H,1H3,(H,24,25,26). The Bertz CT molecular complexity index is 1060. The number of hydrogen-bond acceptors (Lipinski definition) is 3. The summed E-state index contributed by atoms with van der Waals surface area (Å²) < 4.78 is 7.73. The van der Waals surface area contributed by atoms with Crippen LogP contribution in [0.1, 0.15) is 11.1 Å². The average molecular weight is 486 g/mol. The number of hydrogen-bond donors (Lipinski definition) is 1. The molecule has 0 atom stereocenters. The first-order valence-corrected chi connectivity index (χ1v) is 9.82. The predicted octanol–water partition coefficient (Wildman–Crippen LogP) is 6.39. The molecule has 0 unspecified atom stereocenters. The summed E-state index contributed by atoms with van der Waals surface area (Å²) in [6, 6.07) is 18.8. The lowest BCUT2D eigenvalue weighted by Crippen LogP contribution is -2.13. The summed E-state index contributed by atoms with van der Waals surface area (Å²) in [5.41, 5.74) is 3.72. The highest BCUT2D eigenvalue weighted by Crippen LogP contribution is 2.32. The van der Waals surface area contributed by atoms with Gasteiger partial charge in [-0.3, -0.25) is 4.79 Å². The summed E-state index contributed by atoms with van der Waals surface area (Å²) in [6.45, 7) is 1.96. The van der Waals surface area contributed by atoms with E-state index in [4.69, 9.17) is 4.74 Å². The minimum atomic E-state index is -0.193. The minimum absolute atomic E-state index is 0.193. The molecule has 0 bridgehead atoms. The number of aliphatic imine (C=N–C) groups is 1. The molecule has 1 aliphatic heterocycles. The molecule has 3 aromatic rings. The number of fused-ring (bicyclic) bond motifs is 1. The second-order valence-electron chi connectivity index (χ2n) is 6.11. The Labute approximate surface area is 173 Å². The third-order valence-corrected chi connectivity index (χ3v) is 5.12. The third kappa shape index (κ3) is 3.82.